The number of carbonyl (C=O) groups is 1. The van der Waals surface area contributed by atoms with E-state index in [4.69, 9.17) is 14.6 Å². The van der Waals surface area contributed by atoms with Crippen molar-refractivity contribution in [2.24, 2.45) is 10.1 Å². The van der Waals surface area contributed by atoms with Crippen LogP contribution in [-0.4, -0.2) is 40.2 Å². The maximum Gasteiger partial charge on any atom is 0.441 e. The van der Waals surface area contributed by atoms with Crippen molar-refractivity contribution in [2.45, 2.75) is 6.18 Å². The zero-order chi connectivity index (χ0) is 20.9. The molecular weight excluding hydrogens is 413 g/mol. The fourth-order valence-electron chi connectivity index (χ4n) is 2.67. The van der Waals surface area contributed by atoms with Gasteiger partial charge in [-0.1, -0.05) is 6.07 Å². The first-order chi connectivity index (χ1) is 13.7. The highest BCUT2D eigenvalue weighted by Crippen LogP contribution is 2.35. The predicted octanol–water partition coefficient (Wildman–Crippen LogP) is 2.98. The van der Waals surface area contributed by atoms with Crippen LogP contribution < -0.4 is 10.2 Å². The van der Waals surface area contributed by atoms with E-state index >= 15 is 0 Å². The molecule has 0 saturated heterocycles. The lowest BCUT2D eigenvalue weighted by Crippen LogP contribution is -2.35. The first kappa shape index (κ1) is 18.9. The van der Waals surface area contributed by atoms with E-state index in [1.54, 1.807) is 12.1 Å². The average molecular weight is 422 g/mol. The number of hydrogen-bond donors (Lipinski definition) is 1. The van der Waals surface area contributed by atoms with Crippen LogP contribution in [0.25, 0.3) is 17.0 Å². The zero-order valence-corrected chi connectivity index (χ0v) is 15.2. The fraction of sp³-hybridized carbons (Fsp3) is 0.118. The number of carbonyl (C=O) groups excluding carboxylic acids is 1. The van der Waals surface area contributed by atoms with E-state index in [1.807, 2.05) is 0 Å². The van der Waals surface area contributed by atoms with Crippen LogP contribution in [0.15, 0.2) is 49.3 Å². The molecule has 0 fully saturated rings. The molecule has 1 amide bonds. The third-order valence-corrected chi connectivity index (χ3v) is 4.96. The van der Waals surface area contributed by atoms with E-state index in [-0.39, 0.29) is 33.5 Å². The summed E-state index contributed by atoms with van der Waals surface area (Å²) < 4.78 is 49.1. The number of para-hydroxylation sites is 1. The number of alkyl halides is 3. The number of hydrogen-bond acceptors (Lipinski definition) is 7. The lowest BCUT2D eigenvalue weighted by Gasteiger charge is -2.20. The number of amidine groups is 2. The molecule has 0 unspecified atom stereocenters. The molecule has 0 aliphatic carbocycles. The van der Waals surface area contributed by atoms with Gasteiger partial charge in [0.2, 0.25) is 10.2 Å². The minimum Gasteiger partial charge on any atom is -0.493 e. The third-order valence-electron chi connectivity index (χ3n) is 4.01. The van der Waals surface area contributed by atoms with Crippen molar-refractivity contribution in [3.8, 4) is 5.75 Å². The second kappa shape index (κ2) is 6.58. The predicted molar refractivity (Wildman–Crippen MR) is 100 cm³/mol. The van der Waals surface area contributed by atoms with Gasteiger partial charge in [0.1, 0.15) is 6.26 Å². The second-order valence-corrected chi connectivity index (χ2v) is 6.74. The van der Waals surface area contributed by atoms with Crippen LogP contribution in [0.1, 0.15) is 5.56 Å². The number of rotatable bonds is 2. The van der Waals surface area contributed by atoms with E-state index in [9.17, 15) is 22.8 Å². The van der Waals surface area contributed by atoms with Gasteiger partial charge in [-0.25, -0.2) is 0 Å². The summed E-state index contributed by atoms with van der Waals surface area (Å²) in [6, 6.07) is 4.67. The van der Waals surface area contributed by atoms with Crippen molar-refractivity contribution >= 4 is 50.8 Å². The van der Waals surface area contributed by atoms with Gasteiger partial charge in [-0.2, -0.15) is 28.3 Å². The van der Waals surface area contributed by atoms with Crippen LogP contribution >= 0.6 is 11.8 Å². The quantitative estimate of drug-likeness (QED) is 0.746. The summed E-state index contributed by atoms with van der Waals surface area (Å²) in [7, 11) is 1.41. The Bertz CT molecular complexity index is 1230. The van der Waals surface area contributed by atoms with Crippen LogP contribution in [0.4, 0.5) is 13.2 Å². The van der Waals surface area contributed by atoms with Gasteiger partial charge in [0.05, 0.1) is 23.6 Å². The zero-order valence-electron chi connectivity index (χ0n) is 14.4. The molecule has 1 N–H and O–H groups in total. The highest BCUT2D eigenvalue weighted by molar-refractivity contribution is 8.27. The summed E-state index contributed by atoms with van der Waals surface area (Å²) >= 11 is 0.144. The summed E-state index contributed by atoms with van der Waals surface area (Å²) in [6.45, 7) is 0. The third kappa shape index (κ3) is 3.10. The minimum atomic E-state index is -4.74. The Kier molecular flexibility index (Phi) is 4.30. The first-order valence-corrected chi connectivity index (χ1v) is 8.68. The molecule has 0 bridgehead atoms. The molecule has 4 rings (SSSR count). The van der Waals surface area contributed by atoms with Gasteiger partial charge in [-0.3, -0.25) is 15.0 Å². The van der Waals surface area contributed by atoms with Gasteiger partial charge in [-0.05, 0) is 30.0 Å². The molecule has 2 aliphatic rings. The standard InChI is InChI=1S/C17H9F3N4O4S/c1-27-10-4-2-3-8-11(25)7(6-28-12(8)10)5-9-13(21)24-16(22-14(9)26)29-15(23-24)17(18,19)20/h2-6,21H,1H3. The molecule has 2 aliphatic heterocycles. The largest absolute Gasteiger partial charge is 0.493 e. The molecule has 148 valence electrons. The molecule has 0 spiro atoms. The summed E-state index contributed by atoms with van der Waals surface area (Å²) in [6.07, 6.45) is -2.62. The number of benzene rings is 1. The summed E-state index contributed by atoms with van der Waals surface area (Å²) in [4.78, 5) is 28.5. The van der Waals surface area contributed by atoms with Gasteiger partial charge < -0.3 is 9.15 Å². The number of hydrazone groups is 1. The van der Waals surface area contributed by atoms with E-state index in [1.165, 1.54) is 13.2 Å². The number of fused-ring (bicyclic) bond motifs is 2. The van der Waals surface area contributed by atoms with Crippen LogP contribution in [0.2, 0.25) is 0 Å². The maximum absolute atomic E-state index is 12.9. The van der Waals surface area contributed by atoms with Crippen molar-refractivity contribution in [1.82, 2.24) is 5.01 Å². The lowest BCUT2D eigenvalue weighted by atomic mass is 10.1. The Morgan fingerprint density at radius 2 is 2.07 bits per heavy atom. The number of ether oxygens (including phenoxy) is 1. The average Bonchev–Trinajstić information content (AvgIpc) is 3.11. The molecule has 3 heterocycles. The highest BCUT2D eigenvalue weighted by atomic mass is 32.2. The van der Waals surface area contributed by atoms with E-state index in [2.05, 4.69) is 10.1 Å². The minimum absolute atomic E-state index is 0.0793. The number of halogens is 3. The monoisotopic (exact) mass is 422 g/mol. The summed E-state index contributed by atoms with van der Waals surface area (Å²) in [5, 5.41) is 10.5. The Labute approximate surface area is 163 Å². The Hall–Kier alpha value is -3.41. The molecule has 8 nitrogen and oxygen atoms in total. The number of methoxy groups -OCH3 is 1. The molecule has 12 heteroatoms. The molecule has 2 aromatic rings. The molecular formula is C17H9F3N4O4S. The van der Waals surface area contributed by atoms with Crippen molar-refractivity contribution in [3.05, 3.63) is 45.8 Å². The van der Waals surface area contributed by atoms with Gasteiger partial charge >= 0.3 is 6.18 Å². The molecule has 1 aromatic carbocycles. The Balaban J connectivity index is 1.79. The number of thioether (sulfide) groups is 1. The number of nitrogens with zero attached hydrogens (tertiary/aromatic N) is 3. The molecule has 1 aromatic heterocycles. The molecule has 29 heavy (non-hydrogen) atoms. The van der Waals surface area contributed by atoms with Gasteiger partial charge in [0, 0.05) is 0 Å². The molecule has 0 saturated carbocycles. The smallest absolute Gasteiger partial charge is 0.441 e. The summed E-state index contributed by atoms with van der Waals surface area (Å²) in [5.74, 6) is -1.26. The normalized spacial score (nSPS) is 18.2. The topological polar surface area (TPSA) is 108 Å². The summed E-state index contributed by atoms with van der Waals surface area (Å²) in [5.41, 5.74) is -0.786. The second-order valence-electron chi connectivity index (χ2n) is 5.78. The van der Waals surface area contributed by atoms with Gasteiger partial charge in [0.25, 0.3) is 5.91 Å². The lowest BCUT2D eigenvalue weighted by molar-refractivity contribution is -0.114. The van der Waals surface area contributed by atoms with Crippen molar-refractivity contribution in [1.29, 1.82) is 5.41 Å². The number of amides is 1. The van der Waals surface area contributed by atoms with Crippen molar-refractivity contribution in [3.63, 3.8) is 0 Å². The highest BCUT2D eigenvalue weighted by Gasteiger charge is 2.46. The number of aliphatic imine (C=N–C) groups is 1. The Morgan fingerprint density at radius 1 is 1.31 bits per heavy atom. The van der Waals surface area contributed by atoms with Crippen LogP contribution in [0, 0.1) is 5.41 Å². The fourth-order valence-corrected chi connectivity index (χ4v) is 3.43. The van der Waals surface area contributed by atoms with Crippen molar-refractivity contribution < 1.29 is 27.1 Å². The van der Waals surface area contributed by atoms with Crippen molar-refractivity contribution in [2.75, 3.05) is 7.11 Å². The first-order valence-electron chi connectivity index (χ1n) is 7.86. The van der Waals surface area contributed by atoms with Crippen LogP contribution in [0.5, 0.6) is 5.75 Å². The molecule has 0 radical (unpaired) electrons. The maximum atomic E-state index is 12.9. The van der Waals surface area contributed by atoms with E-state index in [0.29, 0.717) is 10.8 Å². The van der Waals surface area contributed by atoms with E-state index < -0.39 is 34.0 Å². The van der Waals surface area contributed by atoms with Gasteiger partial charge in [0.15, 0.2) is 22.6 Å². The van der Waals surface area contributed by atoms with Gasteiger partial charge in [-0.15, -0.1) is 0 Å². The van der Waals surface area contributed by atoms with E-state index in [0.717, 1.165) is 12.3 Å². The van der Waals surface area contributed by atoms with Crippen LogP contribution in [0.3, 0.4) is 0 Å². The number of nitrogens with one attached hydrogen (secondary N) is 1. The molecule has 0 atom stereocenters. The van der Waals surface area contributed by atoms with Crippen LogP contribution in [-0.2, 0) is 4.79 Å². The Morgan fingerprint density at radius 3 is 2.76 bits per heavy atom. The SMILES string of the molecule is COc1cccc2c(=O)c(C=C3C(=N)N4N=C(C(F)(F)F)SC4=NC3=O)coc12.